The molecule has 0 fully saturated rings. The number of hydrogen-bond donors (Lipinski definition) is 1. The lowest BCUT2D eigenvalue weighted by Gasteiger charge is -2.21. The second kappa shape index (κ2) is 9.03. The van der Waals surface area contributed by atoms with Crippen LogP contribution in [0.2, 0.25) is 0 Å². The molecule has 0 aliphatic heterocycles. The lowest BCUT2D eigenvalue weighted by molar-refractivity contribution is -0.137. The van der Waals surface area contributed by atoms with E-state index in [1.807, 2.05) is 0 Å². The number of rotatable bonds is 8. The second-order valence-corrected chi connectivity index (χ2v) is 5.99. The topological polar surface area (TPSA) is 38.3 Å². The Balaban J connectivity index is 2.72. The molecule has 0 amide bonds. The summed E-state index contributed by atoms with van der Waals surface area (Å²) >= 11 is 1.62. The summed E-state index contributed by atoms with van der Waals surface area (Å²) in [6.45, 7) is 7.40. The average molecular weight is 295 g/mol. The van der Waals surface area contributed by atoms with Crippen LogP contribution in [0.15, 0.2) is 18.2 Å². The van der Waals surface area contributed by atoms with E-state index < -0.39 is 0 Å². The van der Waals surface area contributed by atoms with E-state index in [-0.39, 0.29) is 12.0 Å². The largest absolute Gasteiger partial charge is 0.468 e. The van der Waals surface area contributed by atoms with E-state index in [9.17, 15) is 4.79 Å². The van der Waals surface area contributed by atoms with Crippen molar-refractivity contribution in [2.24, 2.45) is 0 Å². The first-order chi connectivity index (χ1) is 9.58. The van der Waals surface area contributed by atoms with Crippen LogP contribution in [0, 0.1) is 13.8 Å². The van der Waals surface area contributed by atoms with Crippen molar-refractivity contribution < 1.29 is 9.53 Å². The summed E-state index contributed by atoms with van der Waals surface area (Å²) in [7, 11) is 1.43. The van der Waals surface area contributed by atoms with Gasteiger partial charge in [0.05, 0.1) is 12.9 Å². The van der Waals surface area contributed by atoms with Gasteiger partial charge in [-0.15, -0.1) is 11.8 Å². The highest BCUT2D eigenvalue weighted by Gasteiger charge is 2.14. The standard InChI is InChI=1S/C16H25NO2S/c1-5-8-17-15(10-20-11-16(18)19-4)14-9-12(2)6-7-13(14)3/h6-7,9,15,17H,5,8,10-11H2,1-4H3. The minimum Gasteiger partial charge on any atom is -0.468 e. The number of thioether (sulfide) groups is 1. The van der Waals surface area contributed by atoms with Crippen molar-refractivity contribution in [3.8, 4) is 0 Å². The molecule has 112 valence electrons. The van der Waals surface area contributed by atoms with E-state index in [0.717, 1.165) is 18.7 Å². The van der Waals surface area contributed by atoms with Gasteiger partial charge in [-0.25, -0.2) is 0 Å². The van der Waals surface area contributed by atoms with Crippen LogP contribution in [0.25, 0.3) is 0 Å². The molecule has 0 spiro atoms. The summed E-state index contributed by atoms with van der Waals surface area (Å²) in [6, 6.07) is 6.82. The van der Waals surface area contributed by atoms with Crippen LogP contribution in [0.5, 0.6) is 0 Å². The van der Waals surface area contributed by atoms with Crippen molar-refractivity contribution in [2.75, 3.05) is 25.2 Å². The Hall–Kier alpha value is -1.00. The van der Waals surface area contributed by atoms with Crippen molar-refractivity contribution in [1.29, 1.82) is 0 Å². The van der Waals surface area contributed by atoms with Gasteiger partial charge in [0.15, 0.2) is 0 Å². The SMILES string of the molecule is CCCNC(CSCC(=O)OC)c1cc(C)ccc1C. The van der Waals surface area contributed by atoms with Gasteiger partial charge in [-0.2, -0.15) is 0 Å². The summed E-state index contributed by atoms with van der Waals surface area (Å²) in [5.74, 6) is 1.12. The van der Waals surface area contributed by atoms with Crippen molar-refractivity contribution in [3.05, 3.63) is 34.9 Å². The molecule has 20 heavy (non-hydrogen) atoms. The molecule has 1 N–H and O–H groups in total. The molecule has 0 saturated heterocycles. The number of carbonyl (C=O) groups excluding carboxylic acids is 1. The number of methoxy groups -OCH3 is 1. The van der Waals surface area contributed by atoms with Gasteiger partial charge in [0.1, 0.15) is 0 Å². The molecule has 0 heterocycles. The molecule has 1 aromatic carbocycles. The Labute approximate surface area is 126 Å². The Kier molecular flexibility index (Phi) is 7.70. The fourth-order valence-corrected chi connectivity index (χ4v) is 2.97. The number of esters is 1. The summed E-state index contributed by atoms with van der Waals surface area (Å²) in [5, 5.41) is 3.57. The van der Waals surface area contributed by atoms with Gasteiger partial charge in [0, 0.05) is 11.8 Å². The van der Waals surface area contributed by atoms with Gasteiger partial charge in [-0.05, 0) is 37.9 Å². The van der Waals surface area contributed by atoms with Crippen molar-refractivity contribution in [1.82, 2.24) is 5.32 Å². The molecule has 0 aromatic heterocycles. The van der Waals surface area contributed by atoms with E-state index in [0.29, 0.717) is 5.75 Å². The number of aryl methyl sites for hydroxylation is 2. The number of ether oxygens (including phenoxy) is 1. The Morgan fingerprint density at radius 1 is 1.40 bits per heavy atom. The van der Waals surface area contributed by atoms with Gasteiger partial charge in [0.25, 0.3) is 0 Å². The third kappa shape index (κ3) is 5.55. The van der Waals surface area contributed by atoms with E-state index in [1.165, 1.54) is 23.8 Å². The normalized spacial score (nSPS) is 12.2. The first kappa shape index (κ1) is 17.1. The molecule has 1 atom stereocenters. The first-order valence-corrected chi connectivity index (χ1v) is 8.19. The summed E-state index contributed by atoms with van der Waals surface area (Å²) in [5.41, 5.74) is 3.89. The highest BCUT2D eigenvalue weighted by Crippen LogP contribution is 2.23. The molecule has 0 radical (unpaired) electrons. The number of hydrogen-bond acceptors (Lipinski definition) is 4. The van der Waals surface area contributed by atoms with E-state index >= 15 is 0 Å². The minimum absolute atomic E-state index is 0.162. The van der Waals surface area contributed by atoms with Crippen LogP contribution in [0.4, 0.5) is 0 Å². The highest BCUT2D eigenvalue weighted by atomic mass is 32.2. The van der Waals surface area contributed by atoms with Crippen molar-refractivity contribution in [2.45, 2.75) is 33.2 Å². The van der Waals surface area contributed by atoms with Crippen LogP contribution in [-0.4, -0.2) is 31.1 Å². The molecule has 0 aliphatic rings. The third-order valence-electron chi connectivity index (χ3n) is 3.18. The molecule has 1 rings (SSSR count). The average Bonchev–Trinajstić information content (AvgIpc) is 2.45. The van der Waals surface area contributed by atoms with Crippen LogP contribution in [0.3, 0.4) is 0 Å². The zero-order valence-corrected chi connectivity index (χ0v) is 13.7. The Bertz CT molecular complexity index is 434. The number of carbonyl (C=O) groups is 1. The molecule has 4 heteroatoms. The van der Waals surface area contributed by atoms with Gasteiger partial charge < -0.3 is 10.1 Å². The fourth-order valence-electron chi connectivity index (χ4n) is 2.03. The molecule has 1 unspecified atom stereocenters. The smallest absolute Gasteiger partial charge is 0.315 e. The second-order valence-electron chi connectivity index (χ2n) is 4.96. The first-order valence-electron chi connectivity index (χ1n) is 7.03. The summed E-state index contributed by atoms with van der Waals surface area (Å²) in [6.07, 6.45) is 1.10. The molecule has 3 nitrogen and oxygen atoms in total. The maximum atomic E-state index is 11.2. The predicted octanol–water partition coefficient (Wildman–Crippen LogP) is 3.25. The van der Waals surface area contributed by atoms with Crippen LogP contribution in [-0.2, 0) is 9.53 Å². The summed E-state index contributed by atoms with van der Waals surface area (Å²) < 4.78 is 4.68. The van der Waals surface area contributed by atoms with Gasteiger partial charge in [-0.1, -0.05) is 30.7 Å². The zero-order chi connectivity index (χ0) is 15.0. The third-order valence-corrected chi connectivity index (χ3v) is 4.19. The lowest BCUT2D eigenvalue weighted by atomic mass is 10.00. The molecule has 0 bridgehead atoms. The fraction of sp³-hybridized carbons (Fsp3) is 0.562. The monoisotopic (exact) mass is 295 g/mol. The van der Waals surface area contributed by atoms with E-state index in [1.54, 1.807) is 11.8 Å². The predicted molar refractivity (Wildman–Crippen MR) is 86.3 cm³/mol. The van der Waals surface area contributed by atoms with Gasteiger partial charge in [0.2, 0.25) is 0 Å². The maximum absolute atomic E-state index is 11.2. The summed E-state index contributed by atoms with van der Waals surface area (Å²) in [4.78, 5) is 11.2. The number of benzene rings is 1. The Morgan fingerprint density at radius 2 is 2.15 bits per heavy atom. The lowest BCUT2D eigenvalue weighted by Crippen LogP contribution is -2.25. The quantitative estimate of drug-likeness (QED) is 0.747. The van der Waals surface area contributed by atoms with Crippen molar-refractivity contribution >= 4 is 17.7 Å². The van der Waals surface area contributed by atoms with Crippen LogP contribution < -0.4 is 5.32 Å². The molecular weight excluding hydrogens is 270 g/mol. The van der Waals surface area contributed by atoms with Crippen molar-refractivity contribution in [3.63, 3.8) is 0 Å². The Morgan fingerprint density at radius 3 is 2.80 bits per heavy atom. The molecule has 0 saturated carbocycles. The van der Waals surface area contributed by atoms with Gasteiger partial charge in [-0.3, -0.25) is 4.79 Å². The van der Waals surface area contributed by atoms with Crippen LogP contribution >= 0.6 is 11.8 Å². The van der Waals surface area contributed by atoms with E-state index in [4.69, 9.17) is 0 Å². The minimum atomic E-state index is -0.162. The highest BCUT2D eigenvalue weighted by molar-refractivity contribution is 7.99. The zero-order valence-electron chi connectivity index (χ0n) is 12.9. The number of nitrogens with one attached hydrogen (secondary N) is 1. The van der Waals surface area contributed by atoms with Crippen LogP contribution in [0.1, 0.15) is 36.1 Å². The molecule has 1 aromatic rings. The van der Waals surface area contributed by atoms with Gasteiger partial charge >= 0.3 is 5.97 Å². The maximum Gasteiger partial charge on any atom is 0.315 e. The molecule has 0 aliphatic carbocycles. The van der Waals surface area contributed by atoms with E-state index in [2.05, 4.69) is 49.0 Å². The molecular formula is C16H25NO2S.